The van der Waals surface area contributed by atoms with Gasteiger partial charge in [0.25, 0.3) is 0 Å². The third kappa shape index (κ3) is 5.56. The Kier molecular flexibility index (Phi) is 7.05. The van der Waals surface area contributed by atoms with Gasteiger partial charge in [-0.15, -0.1) is 0 Å². The second kappa shape index (κ2) is 9.71. The van der Waals surface area contributed by atoms with Crippen molar-refractivity contribution in [1.82, 2.24) is 25.3 Å². The van der Waals surface area contributed by atoms with E-state index < -0.39 is 0 Å². The Labute approximate surface area is 155 Å². The summed E-state index contributed by atoms with van der Waals surface area (Å²) in [6.45, 7) is 4.28. The molecule has 1 aromatic heterocycles. The number of aromatic amines is 1. The number of piperidine rings is 1. The molecule has 2 saturated heterocycles. The summed E-state index contributed by atoms with van der Waals surface area (Å²) in [5.41, 5.74) is 0.862. The van der Waals surface area contributed by atoms with E-state index in [2.05, 4.69) is 20.4 Å². The van der Waals surface area contributed by atoms with E-state index in [0.29, 0.717) is 25.4 Å². The Morgan fingerprint density at radius 2 is 1.92 bits per heavy atom. The van der Waals surface area contributed by atoms with Crippen molar-refractivity contribution in [3.63, 3.8) is 0 Å². The molecule has 2 amide bonds. The SMILES string of the molecule is O=C1CC2CCCCN2CCCN(C(=O)Cc2ccn[nH]2)CCCCN1. The number of fused-ring (bicyclic) bond motifs is 1. The molecule has 7 nitrogen and oxygen atoms in total. The van der Waals surface area contributed by atoms with Crippen LogP contribution in [-0.2, 0) is 16.0 Å². The third-order valence-electron chi connectivity index (χ3n) is 5.47. The molecule has 144 valence electrons. The molecule has 0 spiro atoms. The zero-order valence-electron chi connectivity index (χ0n) is 15.6. The molecule has 2 aliphatic heterocycles. The van der Waals surface area contributed by atoms with Gasteiger partial charge in [0.15, 0.2) is 0 Å². The van der Waals surface area contributed by atoms with Gasteiger partial charge in [-0.05, 0) is 44.7 Å². The first-order valence-corrected chi connectivity index (χ1v) is 9.99. The Morgan fingerprint density at radius 3 is 2.77 bits per heavy atom. The molecular weight excluding hydrogens is 330 g/mol. The summed E-state index contributed by atoms with van der Waals surface area (Å²) >= 11 is 0. The molecule has 0 aliphatic carbocycles. The van der Waals surface area contributed by atoms with Gasteiger partial charge in [0, 0.05) is 50.5 Å². The van der Waals surface area contributed by atoms with Gasteiger partial charge in [-0.3, -0.25) is 19.6 Å². The van der Waals surface area contributed by atoms with Crippen LogP contribution in [0.15, 0.2) is 12.3 Å². The van der Waals surface area contributed by atoms with Gasteiger partial charge in [-0.25, -0.2) is 0 Å². The van der Waals surface area contributed by atoms with Crippen molar-refractivity contribution in [3.05, 3.63) is 18.0 Å². The van der Waals surface area contributed by atoms with E-state index in [4.69, 9.17) is 0 Å². The summed E-state index contributed by atoms with van der Waals surface area (Å²) in [5, 5.41) is 9.85. The fourth-order valence-corrected chi connectivity index (χ4v) is 4.01. The topological polar surface area (TPSA) is 81.3 Å². The summed E-state index contributed by atoms with van der Waals surface area (Å²) in [6, 6.07) is 2.21. The second-order valence-corrected chi connectivity index (χ2v) is 7.44. The summed E-state index contributed by atoms with van der Waals surface area (Å²) in [4.78, 5) is 29.3. The van der Waals surface area contributed by atoms with Crippen molar-refractivity contribution < 1.29 is 9.59 Å². The van der Waals surface area contributed by atoms with E-state index in [0.717, 1.165) is 57.6 Å². The highest BCUT2D eigenvalue weighted by Crippen LogP contribution is 2.20. The lowest BCUT2D eigenvalue weighted by Crippen LogP contribution is -2.44. The van der Waals surface area contributed by atoms with Crippen molar-refractivity contribution >= 4 is 11.8 Å². The van der Waals surface area contributed by atoms with E-state index in [-0.39, 0.29) is 11.8 Å². The quantitative estimate of drug-likeness (QED) is 0.833. The molecule has 2 aliphatic rings. The highest BCUT2D eigenvalue weighted by molar-refractivity contribution is 5.78. The highest BCUT2D eigenvalue weighted by atomic mass is 16.2. The van der Waals surface area contributed by atoms with Gasteiger partial charge < -0.3 is 10.2 Å². The number of aromatic nitrogens is 2. The minimum atomic E-state index is 0.156. The van der Waals surface area contributed by atoms with Crippen LogP contribution in [0.3, 0.4) is 0 Å². The summed E-state index contributed by atoms with van der Waals surface area (Å²) < 4.78 is 0. The molecule has 0 saturated carbocycles. The number of nitrogens with zero attached hydrogens (tertiary/aromatic N) is 3. The molecule has 3 rings (SSSR count). The first kappa shape index (κ1) is 18.9. The molecule has 1 aromatic rings. The zero-order valence-corrected chi connectivity index (χ0v) is 15.6. The van der Waals surface area contributed by atoms with E-state index in [1.165, 1.54) is 12.8 Å². The Morgan fingerprint density at radius 1 is 1.12 bits per heavy atom. The van der Waals surface area contributed by atoms with Gasteiger partial charge in [-0.1, -0.05) is 6.42 Å². The molecule has 7 heteroatoms. The van der Waals surface area contributed by atoms with Crippen LogP contribution in [0.1, 0.15) is 50.6 Å². The number of hydrogen-bond donors (Lipinski definition) is 2. The standard InChI is InChI=1S/C19H31N5O2/c25-18-15-17-6-1-3-10-23(17)12-5-13-24(11-4-2-8-20-18)19(26)14-16-7-9-21-22-16/h7,9,17H,1-6,8,10-15H2,(H,20,25)(H,21,22). The average molecular weight is 361 g/mol. The van der Waals surface area contributed by atoms with E-state index in [9.17, 15) is 9.59 Å². The van der Waals surface area contributed by atoms with Crippen LogP contribution < -0.4 is 5.32 Å². The highest BCUT2D eigenvalue weighted by Gasteiger charge is 2.25. The first-order valence-electron chi connectivity index (χ1n) is 9.99. The number of hydrogen-bond acceptors (Lipinski definition) is 4. The third-order valence-corrected chi connectivity index (χ3v) is 5.47. The summed E-state index contributed by atoms with van der Waals surface area (Å²) in [5.74, 6) is 0.330. The van der Waals surface area contributed by atoms with Crippen LogP contribution in [0.25, 0.3) is 0 Å². The van der Waals surface area contributed by atoms with Crippen molar-refractivity contribution in [1.29, 1.82) is 0 Å². The normalized spacial score (nSPS) is 23.9. The maximum Gasteiger partial charge on any atom is 0.228 e. The Bertz CT molecular complexity index is 574. The van der Waals surface area contributed by atoms with Crippen LogP contribution in [0, 0.1) is 0 Å². The lowest BCUT2D eigenvalue weighted by Gasteiger charge is -2.35. The molecule has 0 radical (unpaired) electrons. The van der Waals surface area contributed by atoms with Crippen LogP contribution in [0.2, 0.25) is 0 Å². The largest absolute Gasteiger partial charge is 0.356 e. The van der Waals surface area contributed by atoms with Crippen molar-refractivity contribution in [2.24, 2.45) is 0 Å². The number of carbonyl (C=O) groups excluding carboxylic acids is 2. The molecule has 2 fully saturated rings. The van der Waals surface area contributed by atoms with Crippen molar-refractivity contribution in [3.8, 4) is 0 Å². The predicted molar refractivity (Wildman–Crippen MR) is 99.6 cm³/mol. The maximum absolute atomic E-state index is 12.7. The Hall–Kier alpha value is -1.89. The molecule has 1 atom stereocenters. The number of amides is 2. The van der Waals surface area contributed by atoms with Gasteiger partial charge in [-0.2, -0.15) is 5.10 Å². The molecule has 1 unspecified atom stereocenters. The summed E-state index contributed by atoms with van der Waals surface area (Å²) in [6.07, 6.45) is 9.00. The summed E-state index contributed by atoms with van der Waals surface area (Å²) in [7, 11) is 0. The monoisotopic (exact) mass is 361 g/mol. The van der Waals surface area contributed by atoms with Gasteiger partial charge in [0.1, 0.15) is 0 Å². The van der Waals surface area contributed by atoms with Crippen LogP contribution in [0.5, 0.6) is 0 Å². The lowest BCUT2D eigenvalue weighted by molar-refractivity contribution is -0.130. The minimum Gasteiger partial charge on any atom is -0.356 e. The first-order chi connectivity index (χ1) is 12.7. The van der Waals surface area contributed by atoms with Crippen LogP contribution >= 0.6 is 0 Å². The molecule has 3 heterocycles. The molecular formula is C19H31N5O2. The molecule has 0 bridgehead atoms. The number of rotatable bonds is 2. The average Bonchev–Trinajstić information content (AvgIpc) is 3.14. The van der Waals surface area contributed by atoms with Crippen LogP contribution in [-0.4, -0.2) is 70.6 Å². The predicted octanol–water partition coefficient (Wildman–Crippen LogP) is 1.33. The fraction of sp³-hybridized carbons (Fsp3) is 0.737. The van der Waals surface area contributed by atoms with Gasteiger partial charge in [0.05, 0.1) is 6.42 Å². The van der Waals surface area contributed by atoms with E-state index in [1.807, 2.05) is 11.0 Å². The molecule has 0 aromatic carbocycles. The Balaban J connectivity index is 1.59. The van der Waals surface area contributed by atoms with E-state index in [1.54, 1.807) is 6.20 Å². The van der Waals surface area contributed by atoms with Gasteiger partial charge in [0.2, 0.25) is 11.8 Å². The number of H-pyrrole nitrogens is 1. The van der Waals surface area contributed by atoms with Gasteiger partial charge >= 0.3 is 0 Å². The number of carbonyl (C=O) groups is 2. The second-order valence-electron chi connectivity index (χ2n) is 7.44. The molecule has 26 heavy (non-hydrogen) atoms. The fourth-order valence-electron chi connectivity index (χ4n) is 4.01. The smallest absolute Gasteiger partial charge is 0.228 e. The zero-order chi connectivity index (χ0) is 18.2. The van der Waals surface area contributed by atoms with Crippen LogP contribution in [0.4, 0.5) is 0 Å². The van der Waals surface area contributed by atoms with Crippen molar-refractivity contribution in [2.75, 3.05) is 32.7 Å². The maximum atomic E-state index is 12.7. The van der Waals surface area contributed by atoms with Crippen molar-refractivity contribution in [2.45, 2.75) is 57.4 Å². The number of nitrogens with one attached hydrogen (secondary N) is 2. The minimum absolute atomic E-state index is 0.156. The van der Waals surface area contributed by atoms with E-state index >= 15 is 0 Å². The molecule has 2 N–H and O–H groups in total. The lowest BCUT2D eigenvalue weighted by atomic mass is 9.98.